The number of para-hydroxylation sites is 1. The lowest BCUT2D eigenvalue weighted by atomic mass is 9.97. The molecule has 0 spiro atoms. The quantitative estimate of drug-likeness (QED) is 0.498. The van der Waals surface area contributed by atoms with Crippen molar-refractivity contribution in [2.75, 3.05) is 5.32 Å². The molecule has 2 N–H and O–H groups in total. The van der Waals surface area contributed by atoms with Crippen LogP contribution >= 0.6 is 0 Å². The Hall–Kier alpha value is -3.93. The summed E-state index contributed by atoms with van der Waals surface area (Å²) >= 11 is 0. The van der Waals surface area contributed by atoms with Crippen molar-refractivity contribution >= 4 is 28.5 Å². The first kappa shape index (κ1) is 20.0. The van der Waals surface area contributed by atoms with Crippen LogP contribution in [0.25, 0.3) is 16.7 Å². The van der Waals surface area contributed by atoms with E-state index in [-0.39, 0.29) is 17.9 Å². The van der Waals surface area contributed by atoms with E-state index in [1.165, 1.54) is 0 Å². The van der Waals surface area contributed by atoms with Gasteiger partial charge in [-0.2, -0.15) is 0 Å². The highest BCUT2D eigenvalue weighted by molar-refractivity contribution is 5.98. The first-order valence-electron chi connectivity index (χ1n) is 10.8. The summed E-state index contributed by atoms with van der Waals surface area (Å²) in [4.78, 5) is 29.2. The summed E-state index contributed by atoms with van der Waals surface area (Å²) in [6.45, 7) is 3.93. The normalized spacial score (nSPS) is 14.0. The Labute approximate surface area is 186 Å². The van der Waals surface area contributed by atoms with Crippen LogP contribution in [-0.4, -0.2) is 21.4 Å². The van der Waals surface area contributed by atoms with Crippen molar-refractivity contribution in [3.63, 3.8) is 0 Å². The molecule has 1 aliphatic rings. The number of aryl methyl sites for hydroxylation is 2. The van der Waals surface area contributed by atoms with Gasteiger partial charge in [-0.05, 0) is 67.8 Å². The average molecular weight is 425 g/mol. The van der Waals surface area contributed by atoms with Crippen molar-refractivity contribution < 1.29 is 9.59 Å². The van der Waals surface area contributed by atoms with Gasteiger partial charge in [-0.15, -0.1) is 0 Å². The van der Waals surface area contributed by atoms with Gasteiger partial charge < -0.3 is 10.6 Å². The molecule has 0 bridgehead atoms. The number of fused-ring (bicyclic) bond motifs is 2. The van der Waals surface area contributed by atoms with Gasteiger partial charge in [0.25, 0.3) is 5.91 Å². The molecule has 1 aliphatic heterocycles. The highest BCUT2D eigenvalue weighted by atomic mass is 16.2. The van der Waals surface area contributed by atoms with E-state index in [4.69, 9.17) is 0 Å². The molecule has 1 unspecified atom stereocenters. The van der Waals surface area contributed by atoms with Gasteiger partial charge >= 0.3 is 0 Å². The maximum atomic E-state index is 13.0. The number of aromatic nitrogens is 2. The summed E-state index contributed by atoms with van der Waals surface area (Å²) < 4.78 is 2.09. The number of carbonyl (C=O) groups excluding carboxylic acids is 2. The molecular formula is C26H24N4O2. The summed E-state index contributed by atoms with van der Waals surface area (Å²) in [5.41, 5.74) is 6.35. The first-order valence-corrected chi connectivity index (χ1v) is 10.8. The predicted octanol–water partition coefficient (Wildman–Crippen LogP) is 4.71. The molecule has 2 amide bonds. The summed E-state index contributed by atoms with van der Waals surface area (Å²) in [6, 6.07) is 21.5. The Morgan fingerprint density at radius 3 is 2.69 bits per heavy atom. The zero-order valence-electron chi connectivity index (χ0n) is 18.1. The number of imidazole rings is 1. The van der Waals surface area contributed by atoms with E-state index in [0.29, 0.717) is 12.0 Å². The average Bonchev–Trinajstić information content (AvgIpc) is 3.14. The molecule has 0 saturated carbocycles. The lowest BCUT2D eigenvalue weighted by Gasteiger charge is -2.20. The Morgan fingerprint density at radius 2 is 1.88 bits per heavy atom. The van der Waals surface area contributed by atoms with E-state index in [2.05, 4.69) is 26.3 Å². The van der Waals surface area contributed by atoms with Gasteiger partial charge in [0.2, 0.25) is 5.91 Å². The minimum absolute atomic E-state index is 0.0481. The smallest absolute Gasteiger partial charge is 0.251 e. The van der Waals surface area contributed by atoms with Crippen molar-refractivity contribution in [2.45, 2.75) is 32.7 Å². The summed E-state index contributed by atoms with van der Waals surface area (Å²) in [6.07, 6.45) is 1.21. The summed E-state index contributed by atoms with van der Waals surface area (Å²) in [7, 11) is 0. The van der Waals surface area contributed by atoms with Gasteiger partial charge in [0, 0.05) is 23.4 Å². The van der Waals surface area contributed by atoms with Crippen LogP contribution in [-0.2, 0) is 11.2 Å². The van der Waals surface area contributed by atoms with Crippen LogP contribution in [0.4, 0.5) is 5.69 Å². The third kappa shape index (κ3) is 3.64. The van der Waals surface area contributed by atoms with Crippen LogP contribution in [0.15, 0.2) is 66.7 Å². The number of anilines is 1. The molecule has 5 rings (SSSR count). The molecule has 3 aromatic carbocycles. The van der Waals surface area contributed by atoms with Crippen LogP contribution < -0.4 is 10.6 Å². The lowest BCUT2D eigenvalue weighted by Crippen LogP contribution is -2.27. The molecule has 0 saturated heterocycles. The summed E-state index contributed by atoms with van der Waals surface area (Å²) in [5, 5.41) is 5.98. The van der Waals surface area contributed by atoms with Crippen LogP contribution in [0.2, 0.25) is 0 Å². The van der Waals surface area contributed by atoms with Gasteiger partial charge in [0.05, 0.1) is 17.1 Å². The molecule has 0 fully saturated rings. The van der Waals surface area contributed by atoms with Crippen LogP contribution in [0.3, 0.4) is 0 Å². The van der Waals surface area contributed by atoms with Gasteiger partial charge in [0.1, 0.15) is 5.82 Å². The molecule has 0 aliphatic carbocycles. The Morgan fingerprint density at radius 1 is 1.06 bits per heavy atom. The predicted molar refractivity (Wildman–Crippen MR) is 125 cm³/mol. The number of hydrogen-bond acceptors (Lipinski definition) is 3. The van der Waals surface area contributed by atoms with Gasteiger partial charge in [-0.3, -0.25) is 14.2 Å². The second-order valence-electron chi connectivity index (χ2n) is 8.19. The number of hydrogen-bond donors (Lipinski definition) is 2. The fourth-order valence-electron chi connectivity index (χ4n) is 4.28. The third-order valence-electron chi connectivity index (χ3n) is 5.97. The second-order valence-corrected chi connectivity index (χ2v) is 8.19. The molecule has 6 nitrogen and oxygen atoms in total. The minimum Gasteiger partial charge on any atom is -0.346 e. The van der Waals surface area contributed by atoms with E-state index in [9.17, 15) is 9.59 Å². The first-order chi connectivity index (χ1) is 15.5. The summed E-state index contributed by atoms with van der Waals surface area (Å²) in [5.74, 6) is 0.780. The lowest BCUT2D eigenvalue weighted by molar-refractivity contribution is -0.116. The Balaban J connectivity index is 1.38. The van der Waals surface area contributed by atoms with Crippen LogP contribution in [0, 0.1) is 6.92 Å². The highest BCUT2D eigenvalue weighted by Crippen LogP contribution is 2.27. The van der Waals surface area contributed by atoms with E-state index in [0.717, 1.165) is 45.8 Å². The van der Waals surface area contributed by atoms with E-state index in [1.54, 1.807) is 0 Å². The molecule has 6 heteroatoms. The van der Waals surface area contributed by atoms with Crippen LogP contribution in [0.1, 0.15) is 46.7 Å². The minimum atomic E-state index is -0.162. The third-order valence-corrected chi connectivity index (χ3v) is 5.97. The number of rotatable bonds is 4. The topological polar surface area (TPSA) is 76.0 Å². The van der Waals surface area contributed by atoms with E-state index < -0.39 is 0 Å². The van der Waals surface area contributed by atoms with Gasteiger partial charge in [-0.25, -0.2) is 4.98 Å². The fourth-order valence-corrected chi connectivity index (χ4v) is 4.28. The van der Waals surface area contributed by atoms with Crippen molar-refractivity contribution in [1.29, 1.82) is 0 Å². The van der Waals surface area contributed by atoms with E-state index >= 15 is 0 Å². The van der Waals surface area contributed by atoms with Crippen molar-refractivity contribution in [2.24, 2.45) is 0 Å². The number of benzene rings is 3. The largest absolute Gasteiger partial charge is 0.346 e. The zero-order chi connectivity index (χ0) is 22.2. The molecular weight excluding hydrogens is 400 g/mol. The Kier molecular flexibility index (Phi) is 4.98. The maximum absolute atomic E-state index is 13.0. The molecule has 4 aromatic rings. The second kappa shape index (κ2) is 7.96. The monoisotopic (exact) mass is 424 g/mol. The fraction of sp³-hybridized carbons (Fsp3) is 0.192. The molecule has 1 aromatic heterocycles. The molecule has 1 atom stereocenters. The van der Waals surface area contributed by atoms with Crippen LogP contribution in [0.5, 0.6) is 0 Å². The van der Waals surface area contributed by atoms with Crippen molar-refractivity contribution in [3.8, 4) is 5.69 Å². The number of nitrogens with zero attached hydrogens (tertiary/aromatic N) is 2. The van der Waals surface area contributed by atoms with E-state index in [1.807, 2.05) is 74.5 Å². The SMILES string of the molecule is Cc1nc2cc(C(=O)NC(C)c3ccc4c(c3)CCC(=O)N4)ccc2n1-c1ccccc1. The molecule has 32 heavy (non-hydrogen) atoms. The maximum Gasteiger partial charge on any atom is 0.251 e. The number of nitrogens with one attached hydrogen (secondary N) is 2. The molecule has 0 radical (unpaired) electrons. The Bertz CT molecular complexity index is 1340. The molecule has 160 valence electrons. The number of amides is 2. The zero-order valence-corrected chi connectivity index (χ0v) is 18.1. The van der Waals surface area contributed by atoms with Gasteiger partial charge in [-0.1, -0.05) is 30.3 Å². The van der Waals surface area contributed by atoms with Crippen molar-refractivity contribution in [3.05, 3.63) is 89.2 Å². The molecule has 2 heterocycles. The van der Waals surface area contributed by atoms with Gasteiger partial charge in [0.15, 0.2) is 0 Å². The number of carbonyl (C=O) groups is 2. The standard InChI is InChI=1S/C26H24N4O2/c1-16(18-8-11-22-19(14-18)10-13-25(31)29-22)27-26(32)20-9-12-24-23(15-20)28-17(2)30(24)21-6-4-3-5-7-21/h3-9,11-12,14-16H,10,13H2,1-2H3,(H,27,32)(H,29,31). The van der Waals surface area contributed by atoms with Crippen molar-refractivity contribution in [1.82, 2.24) is 14.9 Å². The highest BCUT2D eigenvalue weighted by Gasteiger charge is 2.18.